The van der Waals surface area contributed by atoms with Crippen molar-refractivity contribution in [3.05, 3.63) is 34.3 Å². The third kappa shape index (κ3) is 2.69. The monoisotopic (exact) mass is 296 g/mol. The van der Waals surface area contributed by atoms with Gasteiger partial charge in [0, 0.05) is 11.0 Å². The van der Waals surface area contributed by atoms with Gasteiger partial charge < -0.3 is 10.6 Å². The van der Waals surface area contributed by atoms with Gasteiger partial charge in [0.2, 0.25) is 5.91 Å². The van der Waals surface area contributed by atoms with Crippen molar-refractivity contribution in [1.82, 2.24) is 4.90 Å². The third-order valence-electron chi connectivity index (χ3n) is 3.18. The van der Waals surface area contributed by atoms with Crippen molar-refractivity contribution in [2.75, 3.05) is 6.54 Å². The number of carbonyl (C=O) groups excluding carboxylic acids is 1. The fourth-order valence-corrected chi connectivity index (χ4v) is 2.59. The molecule has 0 bridgehead atoms. The van der Waals surface area contributed by atoms with Crippen LogP contribution in [-0.4, -0.2) is 23.4 Å². The van der Waals surface area contributed by atoms with Crippen molar-refractivity contribution in [3.63, 3.8) is 0 Å². The lowest BCUT2D eigenvalue weighted by atomic mass is 10.0. The molecule has 0 aliphatic carbocycles. The quantitative estimate of drug-likeness (QED) is 0.911. The molecule has 0 radical (unpaired) electrons. The maximum atomic E-state index is 12.0. The van der Waals surface area contributed by atoms with Gasteiger partial charge in [-0.3, -0.25) is 4.79 Å². The Kier molecular flexibility index (Phi) is 3.84. The Morgan fingerprint density at radius 2 is 2.12 bits per heavy atom. The van der Waals surface area contributed by atoms with Crippen LogP contribution in [0.4, 0.5) is 0 Å². The molecule has 0 aromatic heterocycles. The normalized spacial score (nSPS) is 21.6. The third-order valence-corrected chi connectivity index (χ3v) is 3.71. The highest BCUT2D eigenvalue weighted by Gasteiger charge is 2.31. The number of rotatable bonds is 2. The highest BCUT2D eigenvalue weighted by Crippen LogP contribution is 2.32. The van der Waals surface area contributed by atoms with Crippen LogP contribution in [0.1, 0.15) is 31.4 Å². The molecule has 1 aliphatic heterocycles. The number of nitrogens with zero attached hydrogens (tertiary/aromatic N) is 1. The minimum Gasteiger partial charge on any atom is -0.334 e. The van der Waals surface area contributed by atoms with Crippen LogP contribution in [0.2, 0.25) is 0 Å². The number of hydrogen-bond donors (Lipinski definition) is 1. The van der Waals surface area contributed by atoms with Crippen molar-refractivity contribution in [1.29, 1.82) is 0 Å². The van der Waals surface area contributed by atoms with Crippen molar-refractivity contribution in [2.45, 2.75) is 31.8 Å². The van der Waals surface area contributed by atoms with Crippen molar-refractivity contribution < 1.29 is 4.79 Å². The Morgan fingerprint density at radius 1 is 1.47 bits per heavy atom. The SMILES string of the molecule is C[C@H](N)C(=O)N1CCCC1c1ccc(Br)cc1. The summed E-state index contributed by atoms with van der Waals surface area (Å²) in [7, 11) is 0. The molecule has 1 unspecified atom stereocenters. The number of carbonyl (C=O) groups is 1. The van der Waals surface area contributed by atoms with E-state index >= 15 is 0 Å². The zero-order valence-electron chi connectivity index (χ0n) is 9.90. The second kappa shape index (κ2) is 5.19. The molecular weight excluding hydrogens is 280 g/mol. The van der Waals surface area contributed by atoms with E-state index in [1.807, 2.05) is 17.0 Å². The highest BCUT2D eigenvalue weighted by atomic mass is 79.9. The molecule has 2 atom stereocenters. The molecular formula is C13H17BrN2O. The highest BCUT2D eigenvalue weighted by molar-refractivity contribution is 9.10. The van der Waals surface area contributed by atoms with Gasteiger partial charge in [-0.1, -0.05) is 28.1 Å². The van der Waals surface area contributed by atoms with E-state index in [1.165, 1.54) is 5.56 Å². The average molecular weight is 297 g/mol. The Labute approximate surface area is 110 Å². The Morgan fingerprint density at radius 3 is 2.71 bits per heavy atom. The summed E-state index contributed by atoms with van der Waals surface area (Å²) >= 11 is 3.42. The predicted octanol–water partition coefficient (Wildman–Crippen LogP) is 2.46. The Bertz CT molecular complexity index is 402. The molecule has 2 rings (SSSR count). The molecule has 1 aromatic carbocycles. The number of hydrogen-bond acceptors (Lipinski definition) is 2. The molecule has 17 heavy (non-hydrogen) atoms. The second-order valence-corrected chi connectivity index (χ2v) is 5.45. The first-order chi connectivity index (χ1) is 8.09. The summed E-state index contributed by atoms with van der Waals surface area (Å²) in [5.41, 5.74) is 6.88. The molecule has 1 heterocycles. The first-order valence-electron chi connectivity index (χ1n) is 5.91. The van der Waals surface area contributed by atoms with E-state index in [4.69, 9.17) is 5.73 Å². The van der Waals surface area contributed by atoms with Gasteiger partial charge in [-0.2, -0.15) is 0 Å². The predicted molar refractivity (Wildman–Crippen MR) is 71.5 cm³/mol. The number of benzene rings is 1. The number of halogens is 1. The van der Waals surface area contributed by atoms with Gasteiger partial charge >= 0.3 is 0 Å². The fraction of sp³-hybridized carbons (Fsp3) is 0.462. The standard InChI is InChI=1S/C13H17BrN2O/c1-9(15)13(17)16-8-2-3-12(16)10-4-6-11(14)7-5-10/h4-7,9,12H,2-3,8,15H2,1H3/t9-,12?/m0/s1. The van der Waals surface area contributed by atoms with Gasteiger partial charge in [0.1, 0.15) is 0 Å². The molecule has 1 amide bonds. The Balaban J connectivity index is 2.20. The molecule has 1 aromatic rings. The summed E-state index contributed by atoms with van der Waals surface area (Å²) in [6.45, 7) is 2.57. The summed E-state index contributed by atoms with van der Waals surface area (Å²) in [5, 5.41) is 0. The minimum absolute atomic E-state index is 0.0513. The van der Waals surface area contributed by atoms with Crippen molar-refractivity contribution >= 4 is 21.8 Å². The summed E-state index contributed by atoms with van der Waals surface area (Å²) in [4.78, 5) is 13.9. The van der Waals surface area contributed by atoms with Crippen LogP contribution < -0.4 is 5.73 Å². The molecule has 1 saturated heterocycles. The van der Waals surface area contributed by atoms with Crippen molar-refractivity contribution in [3.8, 4) is 0 Å². The van der Waals surface area contributed by atoms with Crippen LogP contribution in [0.15, 0.2) is 28.7 Å². The van der Waals surface area contributed by atoms with Crippen molar-refractivity contribution in [2.24, 2.45) is 5.73 Å². The topological polar surface area (TPSA) is 46.3 Å². The van der Waals surface area contributed by atoms with Crippen LogP contribution >= 0.6 is 15.9 Å². The van der Waals surface area contributed by atoms with Crippen LogP contribution in [0.5, 0.6) is 0 Å². The maximum Gasteiger partial charge on any atom is 0.239 e. The molecule has 0 saturated carbocycles. The van der Waals surface area contributed by atoms with E-state index in [0.717, 1.165) is 23.9 Å². The van der Waals surface area contributed by atoms with Crippen LogP contribution in [-0.2, 0) is 4.79 Å². The molecule has 1 fully saturated rings. The zero-order valence-corrected chi connectivity index (χ0v) is 11.5. The first kappa shape index (κ1) is 12.6. The summed E-state index contributed by atoms with van der Waals surface area (Å²) < 4.78 is 1.06. The van der Waals surface area contributed by atoms with E-state index in [2.05, 4.69) is 28.1 Å². The second-order valence-electron chi connectivity index (χ2n) is 4.53. The molecule has 2 N–H and O–H groups in total. The number of likely N-dealkylation sites (tertiary alicyclic amines) is 1. The molecule has 4 heteroatoms. The van der Waals surface area contributed by atoms with Gasteiger partial charge in [-0.05, 0) is 37.5 Å². The van der Waals surface area contributed by atoms with Gasteiger partial charge in [0.05, 0.1) is 12.1 Å². The summed E-state index contributed by atoms with van der Waals surface area (Å²) in [6, 6.07) is 7.96. The largest absolute Gasteiger partial charge is 0.334 e. The zero-order chi connectivity index (χ0) is 12.4. The van der Waals surface area contributed by atoms with Gasteiger partial charge in [0.15, 0.2) is 0 Å². The maximum absolute atomic E-state index is 12.0. The van der Waals surface area contributed by atoms with Gasteiger partial charge in [0.25, 0.3) is 0 Å². The average Bonchev–Trinajstić information content (AvgIpc) is 2.77. The molecule has 3 nitrogen and oxygen atoms in total. The first-order valence-corrected chi connectivity index (χ1v) is 6.70. The molecule has 92 valence electrons. The fourth-order valence-electron chi connectivity index (χ4n) is 2.32. The molecule has 1 aliphatic rings. The number of amides is 1. The lowest BCUT2D eigenvalue weighted by Gasteiger charge is -2.26. The van der Waals surface area contributed by atoms with Crippen LogP contribution in [0, 0.1) is 0 Å². The summed E-state index contributed by atoms with van der Waals surface area (Å²) in [5.74, 6) is 0.0513. The van der Waals surface area contributed by atoms with E-state index in [1.54, 1.807) is 6.92 Å². The van der Waals surface area contributed by atoms with E-state index < -0.39 is 6.04 Å². The smallest absolute Gasteiger partial charge is 0.239 e. The van der Waals surface area contributed by atoms with E-state index in [-0.39, 0.29) is 11.9 Å². The van der Waals surface area contributed by atoms with Crippen LogP contribution in [0.25, 0.3) is 0 Å². The van der Waals surface area contributed by atoms with Crippen LogP contribution in [0.3, 0.4) is 0 Å². The summed E-state index contributed by atoms with van der Waals surface area (Å²) in [6.07, 6.45) is 2.08. The number of nitrogens with two attached hydrogens (primary N) is 1. The lowest BCUT2D eigenvalue weighted by Crippen LogP contribution is -2.41. The van der Waals surface area contributed by atoms with Gasteiger partial charge in [-0.25, -0.2) is 0 Å². The van der Waals surface area contributed by atoms with E-state index in [9.17, 15) is 4.79 Å². The lowest BCUT2D eigenvalue weighted by molar-refractivity contribution is -0.133. The van der Waals surface area contributed by atoms with Gasteiger partial charge in [-0.15, -0.1) is 0 Å². The van der Waals surface area contributed by atoms with E-state index in [0.29, 0.717) is 0 Å². The Hall–Kier alpha value is -0.870. The molecule has 0 spiro atoms. The minimum atomic E-state index is -0.411.